The molecular formula is C22H31N3O+2. The lowest BCUT2D eigenvalue weighted by molar-refractivity contribution is -1.02. The summed E-state index contributed by atoms with van der Waals surface area (Å²) < 4.78 is 0. The Labute approximate surface area is 156 Å². The number of rotatable bonds is 5. The van der Waals surface area contributed by atoms with Crippen molar-refractivity contribution in [3.8, 4) is 0 Å². The minimum atomic E-state index is -0.0176. The van der Waals surface area contributed by atoms with Crippen LogP contribution in [0, 0.1) is 13.8 Å². The number of carbonyl (C=O) groups excluding carboxylic acids is 1. The first-order chi connectivity index (χ1) is 12.5. The molecule has 138 valence electrons. The predicted molar refractivity (Wildman–Crippen MR) is 106 cm³/mol. The number of amides is 1. The lowest BCUT2D eigenvalue weighted by Crippen LogP contribution is -3.29. The summed E-state index contributed by atoms with van der Waals surface area (Å²) in [6, 6.07) is 16.8. The van der Waals surface area contributed by atoms with E-state index in [0.717, 1.165) is 44.0 Å². The smallest absolute Gasteiger partial charge is 0.282 e. The molecule has 0 aliphatic carbocycles. The van der Waals surface area contributed by atoms with Gasteiger partial charge in [-0.25, -0.2) is 0 Å². The highest BCUT2D eigenvalue weighted by atomic mass is 16.2. The van der Waals surface area contributed by atoms with Crippen molar-refractivity contribution in [3.63, 3.8) is 0 Å². The van der Waals surface area contributed by atoms with Crippen LogP contribution in [0.5, 0.6) is 0 Å². The van der Waals surface area contributed by atoms with Crippen LogP contribution in [-0.4, -0.2) is 38.1 Å². The number of nitrogens with one attached hydrogen (secondary N) is 3. The Bertz CT molecular complexity index is 751. The summed E-state index contributed by atoms with van der Waals surface area (Å²) >= 11 is 0. The molecule has 1 aliphatic rings. The number of hydrogen-bond acceptors (Lipinski definition) is 1. The molecule has 0 radical (unpaired) electrons. The zero-order chi connectivity index (χ0) is 18.5. The SMILES string of the molecule is Cc1cccc(C[NH+]2CC[NH+]([C@H](C)C(=O)Nc3cccc(C)c3)CC2)c1. The summed E-state index contributed by atoms with van der Waals surface area (Å²) in [4.78, 5) is 15.6. The molecule has 4 nitrogen and oxygen atoms in total. The Hall–Kier alpha value is -2.17. The fourth-order valence-corrected chi connectivity index (χ4v) is 3.80. The Kier molecular flexibility index (Phi) is 6.07. The largest absolute Gasteiger partial charge is 0.322 e. The van der Waals surface area contributed by atoms with Gasteiger partial charge in [-0.2, -0.15) is 0 Å². The van der Waals surface area contributed by atoms with Crippen LogP contribution in [0.25, 0.3) is 0 Å². The molecule has 1 atom stereocenters. The topological polar surface area (TPSA) is 38.0 Å². The number of hydrogen-bond donors (Lipinski definition) is 3. The Morgan fingerprint density at radius 1 is 1.00 bits per heavy atom. The number of anilines is 1. The van der Waals surface area contributed by atoms with E-state index in [0.29, 0.717) is 0 Å². The molecule has 1 saturated heterocycles. The van der Waals surface area contributed by atoms with Gasteiger partial charge in [0.1, 0.15) is 32.7 Å². The maximum Gasteiger partial charge on any atom is 0.282 e. The molecule has 2 aromatic rings. The van der Waals surface area contributed by atoms with Crippen molar-refractivity contribution >= 4 is 11.6 Å². The molecule has 0 aromatic heterocycles. The van der Waals surface area contributed by atoms with E-state index in [-0.39, 0.29) is 11.9 Å². The summed E-state index contributed by atoms with van der Waals surface area (Å²) in [7, 11) is 0. The summed E-state index contributed by atoms with van der Waals surface area (Å²) in [5.74, 6) is 0.118. The van der Waals surface area contributed by atoms with Crippen molar-refractivity contribution in [2.45, 2.75) is 33.4 Å². The zero-order valence-corrected chi connectivity index (χ0v) is 16.1. The summed E-state index contributed by atoms with van der Waals surface area (Å²) in [6.07, 6.45) is 0. The second-order valence-electron chi connectivity index (χ2n) is 7.65. The van der Waals surface area contributed by atoms with Crippen LogP contribution < -0.4 is 15.1 Å². The summed E-state index contributed by atoms with van der Waals surface area (Å²) in [5, 5.41) is 3.07. The summed E-state index contributed by atoms with van der Waals surface area (Å²) in [6.45, 7) is 11.6. The maximum atomic E-state index is 12.6. The van der Waals surface area contributed by atoms with E-state index in [1.807, 2.05) is 38.1 Å². The van der Waals surface area contributed by atoms with Crippen LogP contribution in [0.4, 0.5) is 5.69 Å². The van der Waals surface area contributed by atoms with Crippen LogP contribution >= 0.6 is 0 Å². The molecule has 4 heteroatoms. The van der Waals surface area contributed by atoms with E-state index in [1.54, 1.807) is 4.90 Å². The van der Waals surface area contributed by atoms with Gasteiger partial charge in [0.2, 0.25) is 0 Å². The van der Waals surface area contributed by atoms with Crippen molar-refractivity contribution < 1.29 is 14.6 Å². The molecule has 3 rings (SSSR count). The van der Waals surface area contributed by atoms with Gasteiger partial charge in [0.05, 0.1) is 0 Å². The average Bonchev–Trinajstić information content (AvgIpc) is 2.62. The number of benzene rings is 2. The van der Waals surface area contributed by atoms with Crippen LogP contribution in [-0.2, 0) is 11.3 Å². The van der Waals surface area contributed by atoms with Crippen molar-refractivity contribution in [3.05, 3.63) is 65.2 Å². The second-order valence-corrected chi connectivity index (χ2v) is 7.65. The minimum Gasteiger partial charge on any atom is -0.322 e. The highest BCUT2D eigenvalue weighted by molar-refractivity contribution is 5.93. The molecule has 0 saturated carbocycles. The standard InChI is InChI=1S/C22H29N3O/c1-17-6-4-8-20(14-17)16-24-10-12-25(13-11-24)19(3)22(26)23-21-9-5-7-18(2)15-21/h4-9,14-15,19H,10-13,16H2,1-3H3,(H,23,26)/p+2/t19-/m1/s1. The fourth-order valence-electron chi connectivity index (χ4n) is 3.80. The molecule has 0 unspecified atom stereocenters. The van der Waals surface area contributed by atoms with Gasteiger partial charge in [-0.05, 0) is 38.5 Å². The van der Waals surface area contributed by atoms with Crippen molar-refractivity contribution in [2.24, 2.45) is 0 Å². The van der Waals surface area contributed by atoms with E-state index in [1.165, 1.54) is 16.0 Å². The van der Waals surface area contributed by atoms with E-state index in [4.69, 9.17) is 0 Å². The maximum absolute atomic E-state index is 12.6. The number of aryl methyl sites for hydroxylation is 2. The molecule has 2 aromatic carbocycles. The van der Waals surface area contributed by atoms with Crippen LogP contribution in [0.1, 0.15) is 23.6 Å². The van der Waals surface area contributed by atoms with Crippen molar-refractivity contribution in [1.29, 1.82) is 0 Å². The van der Waals surface area contributed by atoms with Gasteiger partial charge >= 0.3 is 0 Å². The quantitative estimate of drug-likeness (QED) is 0.724. The fraction of sp³-hybridized carbons (Fsp3) is 0.409. The third-order valence-corrected chi connectivity index (χ3v) is 5.43. The van der Waals surface area contributed by atoms with Crippen molar-refractivity contribution in [1.82, 2.24) is 0 Å². The highest BCUT2D eigenvalue weighted by Crippen LogP contribution is 2.09. The average molecular weight is 354 g/mol. The van der Waals surface area contributed by atoms with Gasteiger partial charge in [-0.3, -0.25) is 4.79 Å². The number of quaternary nitrogens is 2. The van der Waals surface area contributed by atoms with Gasteiger partial charge in [0, 0.05) is 11.3 Å². The molecule has 26 heavy (non-hydrogen) atoms. The van der Waals surface area contributed by atoms with E-state index in [2.05, 4.69) is 36.5 Å². The lowest BCUT2D eigenvalue weighted by atomic mass is 10.1. The monoisotopic (exact) mass is 353 g/mol. The van der Waals surface area contributed by atoms with Gasteiger partial charge in [0.25, 0.3) is 5.91 Å². The number of piperazine rings is 1. The first-order valence-corrected chi connectivity index (χ1v) is 9.62. The predicted octanol–water partition coefficient (Wildman–Crippen LogP) is 0.614. The molecule has 1 aliphatic heterocycles. The van der Waals surface area contributed by atoms with Gasteiger partial charge < -0.3 is 15.1 Å². The second kappa shape index (κ2) is 8.47. The van der Waals surface area contributed by atoms with E-state index < -0.39 is 0 Å². The van der Waals surface area contributed by atoms with Gasteiger partial charge in [-0.15, -0.1) is 0 Å². The van der Waals surface area contributed by atoms with Crippen LogP contribution in [0.15, 0.2) is 48.5 Å². The zero-order valence-electron chi connectivity index (χ0n) is 16.1. The Balaban J connectivity index is 1.50. The van der Waals surface area contributed by atoms with Crippen molar-refractivity contribution in [2.75, 3.05) is 31.5 Å². The van der Waals surface area contributed by atoms with Gasteiger partial charge in [-0.1, -0.05) is 42.0 Å². The third kappa shape index (κ3) is 4.93. The molecule has 0 bridgehead atoms. The third-order valence-electron chi connectivity index (χ3n) is 5.43. The molecule has 0 spiro atoms. The normalized spacial score (nSPS) is 21.2. The number of carbonyl (C=O) groups is 1. The molecular weight excluding hydrogens is 322 g/mol. The van der Waals surface area contributed by atoms with Crippen LogP contribution in [0.2, 0.25) is 0 Å². The lowest BCUT2D eigenvalue weighted by Gasteiger charge is -2.32. The Morgan fingerprint density at radius 2 is 1.65 bits per heavy atom. The van der Waals surface area contributed by atoms with Crippen LogP contribution in [0.3, 0.4) is 0 Å². The van der Waals surface area contributed by atoms with E-state index >= 15 is 0 Å². The summed E-state index contributed by atoms with van der Waals surface area (Å²) in [5.41, 5.74) is 4.79. The molecule has 3 N–H and O–H groups in total. The van der Waals surface area contributed by atoms with Gasteiger partial charge in [0.15, 0.2) is 6.04 Å². The molecule has 1 amide bonds. The molecule has 1 fully saturated rings. The highest BCUT2D eigenvalue weighted by Gasteiger charge is 2.31. The first-order valence-electron chi connectivity index (χ1n) is 9.62. The Morgan fingerprint density at radius 3 is 2.31 bits per heavy atom. The minimum absolute atomic E-state index is 0.0176. The molecule has 1 heterocycles. The van der Waals surface area contributed by atoms with E-state index in [9.17, 15) is 4.79 Å². The first kappa shape index (κ1) is 18.6.